The second kappa shape index (κ2) is 9.59. The SMILES string of the molecule is Cc1cc(C)c2cc(CN(CCC[NH+](C)C)C(=O)Nc3ccccc3)c(=O)[nH]c2c1. The summed E-state index contributed by atoms with van der Waals surface area (Å²) in [5, 5.41) is 3.95. The lowest BCUT2D eigenvalue weighted by Crippen LogP contribution is -3.05. The summed E-state index contributed by atoms with van der Waals surface area (Å²) in [6.45, 7) is 5.84. The number of pyridine rings is 1. The third kappa shape index (κ3) is 5.48. The van der Waals surface area contributed by atoms with Crippen LogP contribution < -0.4 is 15.8 Å². The van der Waals surface area contributed by atoms with Gasteiger partial charge in [-0.1, -0.05) is 24.3 Å². The largest absolute Gasteiger partial charge is 0.340 e. The van der Waals surface area contributed by atoms with Crippen LogP contribution in [0.3, 0.4) is 0 Å². The molecule has 30 heavy (non-hydrogen) atoms. The van der Waals surface area contributed by atoms with Crippen LogP contribution in [-0.4, -0.2) is 43.1 Å². The Morgan fingerprint density at radius 2 is 1.83 bits per heavy atom. The Labute approximate surface area is 177 Å². The molecule has 2 amide bonds. The molecular formula is C24H31N4O2+. The number of nitrogens with one attached hydrogen (secondary N) is 3. The smallest absolute Gasteiger partial charge is 0.322 e. The minimum absolute atomic E-state index is 0.150. The molecule has 0 saturated heterocycles. The lowest BCUT2D eigenvalue weighted by Gasteiger charge is -2.23. The maximum Gasteiger partial charge on any atom is 0.322 e. The van der Waals surface area contributed by atoms with Crippen molar-refractivity contribution in [1.82, 2.24) is 9.88 Å². The van der Waals surface area contributed by atoms with E-state index in [1.807, 2.05) is 56.3 Å². The molecule has 0 fully saturated rings. The molecule has 3 N–H and O–H groups in total. The van der Waals surface area contributed by atoms with Crippen molar-refractivity contribution >= 4 is 22.6 Å². The van der Waals surface area contributed by atoms with Crippen molar-refractivity contribution < 1.29 is 9.69 Å². The number of anilines is 1. The number of amides is 2. The number of para-hydroxylation sites is 1. The molecule has 0 saturated carbocycles. The predicted octanol–water partition coefficient (Wildman–Crippen LogP) is 2.71. The van der Waals surface area contributed by atoms with E-state index in [-0.39, 0.29) is 18.1 Å². The fraction of sp³-hybridized carbons (Fsp3) is 0.333. The summed E-state index contributed by atoms with van der Waals surface area (Å²) in [4.78, 5) is 31.7. The minimum atomic E-state index is -0.199. The van der Waals surface area contributed by atoms with E-state index in [1.165, 1.54) is 4.90 Å². The molecule has 6 heteroatoms. The molecule has 0 radical (unpaired) electrons. The van der Waals surface area contributed by atoms with Crippen molar-refractivity contribution in [3.63, 3.8) is 0 Å². The van der Waals surface area contributed by atoms with E-state index in [4.69, 9.17) is 0 Å². The van der Waals surface area contributed by atoms with Crippen LogP contribution >= 0.6 is 0 Å². The van der Waals surface area contributed by atoms with Gasteiger partial charge in [-0.2, -0.15) is 0 Å². The van der Waals surface area contributed by atoms with Gasteiger partial charge in [0.2, 0.25) is 0 Å². The van der Waals surface area contributed by atoms with E-state index >= 15 is 0 Å². The number of quaternary nitrogens is 1. The molecule has 0 atom stereocenters. The first kappa shape index (κ1) is 21.6. The van der Waals surface area contributed by atoms with E-state index < -0.39 is 0 Å². The fourth-order valence-electron chi connectivity index (χ4n) is 3.64. The van der Waals surface area contributed by atoms with Gasteiger partial charge in [-0.05, 0) is 49.2 Å². The molecule has 0 aliphatic heterocycles. The predicted molar refractivity (Wildman–Crippen MR) is 122 cm³/mol. The average molecular weight is 408 g/mol. The number of fused-ring (bicyclic) bond motifs is 1. The van der Waals surface area contributed by atoms with Crippen LogP contribution in [0.15, 0.2) is 53.3 Å². The number of urea groups is 1. The van der Waals surface area contributed by atoms with Crippen LogP contribution in [0, 0.1) is 13.8 Å². The molecule has 1 heterocycles. The number of aromatic nitrogens is 1. The molecule has 158 valence electrons. The average Bonchev–Trinajstić information content (AvgIpc) is 2.68. The Kier molecular flexibility index (Phi) is 6.90. The number of benzene rings is 2. The highest BCUT2D eigenvalue weighted by Crippen LogP contribution is 2.19. The summed E-state index contributed by atoms with van der Waals surface area (Å²) in [5.74, 6) is 0. The van der Waals surface area contributed by atoms with E-state index in [9.17, 15) is 9.59 Å². The van der Waals surface area contributed by atoms with Crippen molar-refractivity contribution in [2.75, 3.05) is 32.5 Å². The third-order valence-corrected chi connectivity index (χ3v) is 5.17. The van der Waals surface area contributed by atoms with Gasteiger partial charge in [-0.15, -0.1) is 0 Å². The van der Waals surface area contributed by atoms with Crippen molar-refractivity contribution in [3.05, 3.63) is 75.6 Å². The molecular weight excluding hydrogens is 376 g/mol. The fourth-order valence-corrected chi connectivity index (χ4v) is 3.64. The summed E-state index contributed by atoms with van der Waals surface area (Å²) in [6, 6.07) is 15.2. The number of aromatic amines is 1. The maximum atomic E-state index is 13.0. The Balaban J connectivity index is 1.86. The molecule has 3 aromatic rings. The summed E-state index contributed by atoms with van der Waals surface area (Å²) in [5.41, 5.74) is 4.23. The Morgan fingerprint density at radius 1 is 1.10 bits per heavy atom. The van der Waals surface area contributed by atoms with E-state index in [0.29, 0.717) is 12.1 Å². The quantitative estimate of drug-likeness (QED) is 0.564. The van der Waals surface area contributed by atoms with Gasteiger partial charge in [0, 0.05) is 35.1 Å². The normalized spacial score (nSPS) is 11.1. The second-order valence-corrected chi connectivity index (χ2v) is 8.20. The van der Waals surface area contributed by atoms with E-state index in [1.54, 1.807) is 4.90 Å². The van der Waals surface area contributed by atoms with Crippen molar-refractivity contribution in [1.29, 1.82) is 0 Å². The van der Waals surface area contributed by atoms with Crippen LogP contribution in [0.5, 0.6) is 0 Å². The van der Waals surface area contributed by atoms with Crippen LogP contribution in [0.1, 0.15) is 23.1 Å². The zero-order valence-corrected chi connectivity index (χ0v) is 18.2. The zero-order chi connectivity index (χ0) is 21.7. The molecule has 1 aromatic heterocycles. The van der Waals surface area contributed by atoms with Gasteiger partial charge >= 0.3 is 6.03 Å². The standard InChI is InChI=1S/C24H30N4O2/c1-17-13-18(2)21-15-19(23(29)26-22(21)14-17)16-28(12-8-11-27(3)4)24(30)25-20-9-6-5-7-10-20/h5-7,9-10,13-15H,8,11-12,16H2,1-4H3,(H,25,30)(H,26,29)/p+1. The van der Waals surface area contributed by atoms with Crippen LogP contribution in [-0.2, 0) is 6.54 Å². The van der Waals surface area contributed by atoms with Gasteiger partial charge in [0.1, 0.15) is 0 Å². The number of aryl methyl sites for hydroxylation is 2. The molecule has 3 rings (SSSR count). The van der Waals surface area contributed by atoms with Crippen molar-refractivity contribution in [3.8, 4) is 0 Å². The lowest BCUT2D eigenvalue weighted by atomic mass is 10.0. The zero-order valence-electron chi connectivity index (χ0n) is 18.2. The van der Waals surface area contributed by atoms with Gasteiger partial charge in [-0.25, -0.2) is 4.79 Å². The van der Waals surface area contributed by atoms with Gasteiger partial charge in [-0.3, -0.25) is 4.79 Å². The van der Waals surface area contributed by atoms with E-state index in [2.05, 4.69) is 30.5 Å². The van der Waals surface area contributed by atoms with Crippen molar-refractivity contribution in [2.24, 2.45) is 0 Å². The van der Waals surface area contributed by atoms with Crippen LogP contribution in [0.25, 0.3) is 10.9 Å². The maximum absolute atomic E-state index is 13.0. The number of hydrogen-bond donors (Lipinski definition) is 3. The van der Waals surface area contributed by atoms with Crippen molar-refractivity contribution in [2.45, 2.75) is 26.8 Å². The summed E-state index contributed by atoms with van der Waals surface area (Å²) in [7, 11) is 4.18. The second-order valence-electron chi connectivity index (χ2n) is 8.20. The Hall–Kier alpha value is -3.12. The highest BCUT2D eigenvalue weighted by atomic mass is 16.2. The first-order valence-corrected chi connectivity index (χ1v) is 10.4. The topological polar surface area (TPSA) is 69.6 Å². The molecule has 0 aliphatic rings. The molecule has 0 aliphatic carbocycles. The minimum Gasteiger partial charge on any atom is -0.340 e. The van der Waals surface area contributed by atoms with Gasteiger partial charge in [0.15, 0.2) is 0 Å². The summed E-state index contributed by atoms with van der Waals surface area (Å²) in [6.07, 6.45) is 0.855. The molecule has 2 aromatic carbocycles. The Morgan fingerprint density at radius 3 is 2.53 bits per heavy atom. The number of carbonyl (C=O) groups is 1. The van der Waals surface area contributed by atoms with Gasteiger partial charge < -0.3 is 20.1 Å². The van der Waals surface area contributed by atoms with Crippen LogP contribution in [0.4, 0.5) is 10.5 Å². The number of carbonyl (C=O) groups excluding carboxylic acids is 1. The third-order valence-electron chi connectivity index (χ3n) is 5.17. The van der Waals surface area contributed by atoms with Crippen LogP contribution in [0.2, 0.25) is 0 Å². The lowest BCUT2D eigenvalue weighted by molar-refractivity contribution is -0.858. The molecule has 0 unspecified atom stereocenters. The molecule has 6 nitrogen and oxygen atoms in total. The first-order chi connectivity index (χ1) is 14.3. The number of H-pyrrole nitrogens is 1. The highest BCUT2D eigenvalue weighted by Gasteiger charge is 2.17. The Bertz CT molecular complexity index is 1070. The number of hydrogen-bond acceptors (Lipinski definition) is 2. The van der Waals surface area contributed by atoms with E-state index in [0.717, 1.165) is 40.7 Å². The highest BCUT2D eigenvalue weighted by molar-refractivity contribution is 5.89. The number of rotatable bonds is 7. The number of nitrogens with zero attached hydrogens (tertiary/aromatic N) is 1. The molecule has 0 spiro atoms. The molecule has 0 bridgehead atoms. The first-order valence-electron chi connectivity index (χ1n) is 10.4. The van der Waals surface area contributed by atoms with Gasteiger partial charge in [0.25, 0.3) is 5.56 Å². The van der Waals surface area contributed by atoms with Gasteiger partial charge in [0.05, 0.1) is 27.2 Å². The summed E-state index contributed by atoms with van der Waals surface area (Å²) >= 11 is 0. The summed E-state index contributed by atoms with van der Waals surface area (Å²) < 4.78 is 0. The monoisotopic (exact) mass is 407 g/mol.